The highest BCUT2D eigenvalue weighted by Gasteiger charge is 2.16. The van der Waals surface area contributed by atoms with Crippen LogP contribution >= 0.6 is 0 Å². The molecule has 2 aromatic heterocycles. The first kappa shape index (κ1) is 14.5. The van der Waals surface area contributed by atoms with Crippen LogP contribution in [0.5, 0.6) is 0 Å². The summed E-state index contributed by atoms with van der Waals surface area (Å²) in [6.07, 6.45) is 2.87. The van der Waals surface area contributed by atoms with Gasteiger partial charge in [-0.2, -0.15) is 5.10 Å². The Morgan fingerprint density at radius 2 is 2.05 bits per heavy atom. The normalized spacial score (nSPS) is 11.1. The van der Waals surface area contributed by atoms with E-state index in [0.717, 1.165) is 41.6 Å². The van der Waals surface area contributed by atoms with Crippen LogP contribution in [0.15, 0.2) is 12.3 Å². The summed E-state index contributed by atoms with van der Waals surface area (Å²) >= 11 is 0. The number of nitrogens with one attached hydrogen (secondary N) is 1. The Hall–Kier alpha value is -1.91. The summed E-state index contributed by atoms with van der Waals surface area (Å²) < 4.78 is 1.85. The fourth-order valence-corrected chi connectivity index (χ4v) is 2.06. The Kier molecular flexibility index (Phi) is 4.37. The lowest BCUT2D eigenvalue weighted by Gasteiger charge is -2.15. The topological polar surface area (TPSA) is 55.6 Å². The maximum absolute atomic E-state index is 4.73. The molecule has 0 amide bonds. The molecular formula is C15H23N5. The predicted octanol–water partition coefficient (Wildman–Crippen LogP) is 3.13. The van der Waals surface area contributed by atoms with E-state index in [1.807, 2.05) is 17.8 Å². The van der Waals surface area contributed by atoms with E-state index in [9.17, 15) is 0 Å². The summed E-state index contributed by atoms with van der Waals surface area (Å²) in [6, 6.07) is 1.99. The molecule has 0 spiro atoms. The average molecular weight is 273 g/mol. The highest BCUT2D eigenvalue weighted by molar-refractivity contribution is 5.65. The standard InChI is InChI=1S/C15H23N5/c1-6-8-16-15-11(4)13(12-7-9-17-20(12)5)18-14(19-15)10(2)3/h7,9-10H,6,8H2,1-5H3,(H,16,18,19). The van der Waals surface area contributed by atoms with Crippen LogP contribution in [-0.2, 0) is 7.05 Å². The van der Waals surface area contributed by atoms with Gasteiger partial charge in [-0.3, -0.25) is 4.68 Å². The van der Waals surface area contributed by atoms with Crippen LogP contribution in [-0.4, -0.2) is 26.3 Å². The molecule has 0 saturated heterocycles. The first-order valence-corrected chi connectivity index (χ1v) is 7.15. The molecule has 5 heteroatoms. The first-order valence-electron chi connectivity index (χ1n) is 7.15. The molecule has 0 atom stereocenters. The maximum Gasteiger partial charge on any atom is 0.134 e. The van der Waals surface area contributed by atoms with Gasteiger partial charge in [-0.25, -0.2) is 9.97 Å². The second-order valence-electron chi connectivity index (χ2n) is 5.33. The van der Waals surface area contributed by atoms with Gasteiger partial charge in [0.15, 0.2) is 0 Å². The van der Waals surface area contributed by atoms with Gasteiger partial charge in [0.1, 0.15) is 11.6 Å². The summed E-state index contributed by atoms with van der Waals surface area (Å²) in [4.78, 5) is 9.39. The lowest BCUT2D eigenvalue weighted by molar-refractivity contribution is 0.753. The molecule has 1 N–H and O–H groups in total. The van der Waals surface area contributed by atoms with E-state index >= 15 is 0 Å². The Labute approximate surface area is 120 Å². The third-order valence-electron chi connectivity index (χ3n) is 3.29. The Balaban J connectivity index is 2.55. The molecule has 0 aliphatic carbocycles. The summed E-state index contributed by atoms with van der Waals surface area (Å²) in [6.45, 7) is 9.35. The van der Waals surface area contributed by atoms with Crippen molar-refractivity contribution in [2.75, 3.05) is 11.9 Å². The monoisotopic (exact) mass is 273 g/mol. The van der Waals surface area contributed by atoms with Gasteiger partial charge in [-0.15, -0.1) is 0 Å². The molecule has 0 fully saturated rings. The van der Waals surface area contributed by atoms with Crippen LogP contribution < -0.4 is 5.32 Å². The van der Waals surface area contributed by atoms with Crippen molar-refractivity contribution in [1.29, 1.82) is 0 Å². The average Bonchev–Trinajstić information content (AvgIpc) is 2.83. The van der Waals surface area contributed by atoms with E-state index in [0.29, 0.717) is 5.92 Å². The number of aryl methyl sites for hydroxylation is 1. The molecule has 0 unspecified atom stereocenters. The minimum absolute atomic E-state index is 0.296. The zero-order valence-corrected chi connectivity index (χ0v) is 12.9. The maximum atomic E-state index is 4.73. The zero-order chi connectivity index (χ0) is 14.7. The highest BCUT2D eigenvalue weighted by Crippen LogP contribution is 2.27. The van der Waals surface area contributed by atoms with E-state index in [2.05, 4.69) is 43.1 Å². The van der Waals surface area contributed by atoms with Crippen molar-refractivity contribution in [3.63, 3.8) is 0 Å². The fourth-order valence-electron chi connectivity index (χ4n) is 2.06. The van der Waals surface area contributed by atoms with Crippen molar-refractivity contribution in [3.8, 4) is 11.4 Å². The number of anilines is 1. The van der Waals surface area contributed by atoms with E-state index in [4.69, 9.17) is 4.98 Å². The molecule has 0 aliphatic heterocycles. The first-order chi connectivity index (χ1) is 9.54. The lowest BCUT2D eigenvalue weighted by Crippen LogP contribution is -2.10. The van der Waals surface area contributed by atoms with Gasteiger partial charge >= 0.3 is 0 Å². The third-order valence-corrected chi connectivity index (χ3v) is 3.29. The van der Waals surface area contributed by atoms with E-state index < -0.39 is 0 Å². The van der Waals surface area contributed by atoms with E-state index in [-0.39, 0.29) is 0 Å². The summed E-state index contributed by atoms with van der Waals surface area (Å²) in [7, 11) is 1.94. The van der Waals surface area contributed by atoms with Crippen LogP contribution in [0, 0.1) is 6.92 Å². The molecular weight excluding hydrogens is 250 g/mol. The van der Waals surface area contributed by atoms with Crippen molar-refractivity contribution >= 4 is 5.82 Å². The number of hydrogen-bond donors (Lipinski definition) is 1. The lowest BCUT2D eigenvalue weighted by atomic mass is 10.1. The van der Waals surface area contributed by atoms with Crippen molar-refractivity contribution in [3.05, 3.63) is 23.7 Å². The van der Waals surface area contributed by atoms with Crippen LogP contribution in [0.1, 0.15) is 44.5 Å². The van der Waals surface area contributed by atoms with E-state index in [1.54, 1.807) is 6.20 Å². The molecule has 108 valence electrons. The summed E-state index contributed by atoms with van der Waals surface area (Å²) in [5.41, 5.74) is 3.06. The molecule has 0 saturated carbocycles. The predicted molar refractivity (Wildman–Crippen MR) is 81.8 cm³/mol. The van der Waals surface area contributed by atoms with Crippen molar-refractivity contribution in [1.82, 2.24) is 19.7 Å². The second kappa shape index (κ2) is 6.03. The van der Waals surface area contributed by atoms with Crippen LogP contribution in [0.3, 0.4) is 0 Å². The third kappa shape index (κ3) is 2.81. The summed E-state index contributed by atoms with van der Waals surface area (Å²) in [5, 5.41) is 7.64. The molecule has 2 rings (SSSR count). The largest absolute Gasteiger partial charge is 0.370 e. The molecule has 5 nitrogen and oxygen atoms in total. The van der Waals surface area contributed by atoms with Crippen molar-refractivity contribution < 1.29 is 0 Å². The Morgan fingerprint density at radius 1 is 1.30 bits per heavy atom. The molecule has 2 aromatic rings. The van der Waals surface area contributed by atoms with Gasteiger partial charge in [0.05, 0.1) is 11.4 Å². The summed E-state index contributed by atoms with van der Waals surface area (Å²) in [5.74, 6) is 2.09. The number of nitrogens with zero attached hydrogens (tertiary/aromatic N) is 4. The smallest absolute Gasteiger partial charge is 0.134 e. The number of rotatable bonds is 5. The Morgan fingerprint density at radius 3 is 2.60 bits per heavy atom. The van der Waals surface area contributed by atoms with Gasteiger partial charge in [0, 0.05) is 31.3 Å². The highest BCUT2D eigenvalue weighted by atomic mass is 15.3. The van der Waals surface area contributed by atoms with Gasteiger partial charge in [0.2, 0.25) is 0 Å². The molecule has 20 heavy (non-hydrogen) atoms. The van der Waals surface area contributed by atoms with Crippen LogP contribution in [0.2, 0.25) is 0 Å². The number of hydrogen-bond acceptors (Lipinski definition) is 4. The zero-order valence-electron chi connectivity index (χ0n) is 12.9. The molecule has 0 radical (unpaired) electrons. The Bertz CT molecular complexity index is 586. The van der Waals surface area contributed by atoms with Crippen LogP contribution in [0.25, 0.3) is 11.4 Å². The van der Waals surface area contributed by atoms with Crippen molar-refractivity contribution in [2.24, 2.45) is 7.05 Å². The molecule has 2 heterocycles. The van der Waals surface area contributed by atoms with Gasteiger partial charge in [-0.05, 0) is 19.4 Å². The van der Waals surface area contributed by atoms with Crippen molar-refractivity contribution in [2.45, 2.75) is 40.0 Å². The molecule has 0 bridgehead atoms. The molecule has 0 aromatic carbocycles. The minimum Gasteiger partial charge on any atom is -0.370 e. The molecule has 0 aliphatic rings. The minimum atomic E-state index is 0.296. The van der Waals surface area contributed by atoms with Gasteiger partial charge < -0.3 is 5.32 Å². The quantitative estimate of drug-likeness (QED) is 0.909. The van der Waals surface area contributed by atoms with Gasteiger partial charge in [0.25, 0.3) is 0 Å². The SMILES string of the molecule is CCCNc1nc(C(C)C)nc(-c2ccnn2C)c1C. The van der Waals surface area contributed by atoms with Crippen LogP contribution in [0.4, 0.5) is 5.82 Å². The second-order valence-corrected chi connectivity index (χ2v) is 5.33. The van der Waals surface area contributed by atoms with Gasteiger partial charge in [-0.1, -0.05) is 20.8 Å². The fraction of sp³-hybridized carbons (Fsp3) is 0.533. The van der Waals surface area contributed by atoms with E-state index in [1.165, 1.54) is 0 Å². The number of aromatic nitrogens is 4.